The van der Waals surface area contributed by atoms with Crippen molar-refractivity contribution in [1.82, 2.24) is 0 Å². The second-order valence-electron chi connectivity index (χ2n) is 11.1. The average molecular weight is 456 g/mol. The van der Waals surface area contributed by atoms with E-state index < -0.39 is 22.4 Å². The molecule has 0 aromatic heterocycles. The minimum atomic E-state index is -2.32. The van der Waals surface area contributed by atoms with Crippen LogP contribution in [-0.2, 0) is 13.6 Å². The van der Waals surface area contributed by atoms with Crippen LogP contribution in [0.3, 0.4) is 0 Å². The predicted molar refractivity (Wildman–Crippen MR) is 132 cm³/mol. The Labute approximate surface area is 189 Å². The van der Waals surface area contributed by atoms with E-state index in [1.807, 2.05) is 0 Å². The van der Waals surface area contributed by atoms with Gasteiger partial charge in [0.1, 0.15) is 12.2 Å². The van der Waals surface area contributed by atoms with Gasteiger partial charge in [-0.2, -0.15) is 5.26 Å². The van der Waals surface area contributed by atoms with Crippen molar-refractivity contribution >= 4 is 16.6 Å². The topological polar surface area (TPSA) is 51.5 Å². The van der Waals surface area contributed by atoms with Crippen LogP contribution in [-0.4, -0.2) is 35.1 Å². The lowest BCUT2D eigenvalue weighted by molar-refractivity contribution is -0.226. The summed E-state index contributed by atoms with van der Waals surface area (Å²) in [6.45, 7) is 27.8. The largest absolute Gasteiger partial charge is 0.406 e. The Bertz CT molecular complexity index is 540. The van der Waals surface area contributed by atoms with Crippen LogP contribution in [0.5, 0.6) is 0 Å². The molecule has 1 fully saturated rings. The Hall–Kier alpha value is -0.196. The summed E-state index contributed by atoms with van der Waals surface area (Å²) in [5.74, 6) is -1.29. The fourth-order valence-electron chi connectivity index (χ4n) is 6.41. The molecule has 30 heavy (non-hydrogen) atoms. The van der Waals surface area contributed by atoms with Crippen molar-refractivity contribution in [3.8, 4) is 6.07 Å². The van der Waals surface area contributed by atoms with Crippen molar-refractivity contribution < 1.29 is 13.6 Å². The van der Waals surface area contributed by atoms with Crippen LogP contribution in [0.25, 0.3) is 0 Å². The molecular formula is C24H49NO3Si2. The van der Waals surface area contributed by atoms with E-state index >= 15 is 0 Å². The van der Waals surface area contributed by atoms with Crippen LogP contribution < -0.4 is 0 Å². The first-order valence-electron chi connectivity index (χ1n) is 12.2. The van der Waals surface area contributed by atoms with E-state index in [4.69, 9.17) is 13.6 Å². The third-order valence-corrected chi connectivity index (χ3v) is 19.8. The van der Waals surface area contributed by atoms with Crippen LogP contribution in [0.4, 0.5) is 0 Å². The SMILES string of the molecule is CC(C)[Si](OC1CCCOC1(C#N)O[Si](C(C)C)(C(C)C)C(C)C)(C(C)C)C(C)C. The van der Waals surface area contributed by atoms with Crippen LogP contribution in [0.15, 0.2) is 0 Å². The second kappa shape index (κ2) is 10.6. The second-order valence-corrected chi connectivity index (χ2v) is 21.9. The molecule has 4 nitrogen and oxygen atoms in total. The molecule has 2 atom stereocenters. The van der Waals surface area contributed by atoms with Gasteiger partial charge in [-0.3, -0.25) is 0 Å². The number of hydrogen-bond acceptors (Lipinski definition) is 4. The molecule has 0 aliphatic carbocycles. The first-order valence-corrected chi connectivity index (χ1v) is 16.5. The fourth-order valence-corrected chi connectivity index (χ4v) is 17.5. The van der Waals surface area contributed by atoms with Gasteiger partial charge in [0.15, 0.2) is 0 Å². The number of hydrogen-bond donors (Lipinski definition) is 0. The van der Waals surface area contributed by atoms with Gasteiger partial charge in [0.2, 0.25) is 16.6 Å². The summed E-state index contributed by atoms with van der Waals surface area (Å²) in [5, 5.41) is 10.5. The van der Waals surface area contributed by atoms with Crippen molar-refractivity contribution in [3.63, 3.8) is 0 Å². The molecule has 0 saturated carbocycles. The van der Waals surface area contributed by atoms with Gasteiger partial charge < -0.3 is 13.6 Å². The molecule has 0 bridgehead atoms. The highest BCUT2D eigenvalue weighted by atomic mass is 28.4. The highest BCUT2D eigenvalue weighted by Crippen LogP contribution is 2.49. The third kappa shape index (κ3) is 4.91. The maximum atomic E-state index is 10.5. The van der Waals surface area contributed by atoms with Gasteiger partial charge in [0.25, 0.3) is 5.79 Å². The molecule has 0 spiro atoms. The molecule has 2 unspecified atom stereocenters. The minimum absolute atomic E-state index is 0.321. The molecule has 0 amide bonds. The lowest BCUT2D eigenvalue weighted by Crippen LogP contribution is -2.64. The van der Waals surface area contributed by atoms with Crippen molar-refractivity contribution in [2.24, 2.45) is 0 Å². The standard InChI is InChI=1S/C24H49NO3Si2/c1-17(2)29(18(3)4,19(5)6)27-23-14-13-15-26-24(23,16-25)28-30(20(7)8,21(9)10)22(11)12/h17-23H,13-15H2,1-12H3. The Kier molecular flexibility index (Phi) is 9.85. The summed E-state index contributed by atoms with van der Waals surface area (Å²) >= 11 is 0. The van der Waals surface area contributed by atoms with Gasteiger partial charge in [0.05, 0.1) is 6.61 Å². The number of rotatable bonds is 10. The summed E-state index contributed by atoms with van der Waals surface area (Å²) in [5.41, 5.74) is 2.53. The first-order chi connectivity index (χ1) is 13.7. The molecule has 0 aromatic carbocycles. The molecule has 1 aliphatic rings. The third-order valence-electron chi connectivity index (χ3n) is 7.60. The summed E-state index contributed by atoms with van der Waals surface area (Å²) in [6, 6.07) is 2.51. The Morgan fingerprint density at radius 2 is 1.17 bits per heavy atom. The molecule has 0 radical (unpaired) electrons. The first kappa shape index (κ1) is 27.8. The van der Waals surface area contributed by atoms with Crippen molar-refractivity contribution in [1.29, 1.82) is 5.26 Å². The lowest BCUT2D eigenvalue weighted by Gasteiger charge is -2.53. The van der Waals surface area contributed by atoms with Crippen molar-refractivity contribution in [3.05, 3.63) is 0 Å². The molecule has 1 aliphatic heterocycles. The maximum Gasteiger partial charge on any atom is 0.276 e. The Morgan fingerprint density at radius 3 is 1.50 bits per heavy atom. The zero-order valence-corrected chi connectivity index (χ0v) is 23.8. The maximum absolute atomic E-state index is 10.5. The fraction of sp³-hybridized carbons (Fsp3) is 0.958. The highest BCUT2D eigenvalue weighted by Gasteiger charge is 2.58. The van der Waals surface area contributed by atoms with E-state index in [2.05, 4.69) is 89.2 Å². The molecule has 6 heteroatoms. The quantitative estimate of drug-likeness (QED) is 0.316. The molecule has 176 valence electrons. The van der Waals surface area contributed by atoms with Crippen LogP contribution in [0, 0.1) is 11.3 Å². The van der Waals surface area contributed by atoms with E-state index in [1.54, 1.807) is 0 Å². The lowest BCUT2D eigenvalue weighted by atomic mass is 10.0. The van der Waals surface area contributed by atoms with Crippen LogP contribution in [0.1, 0.15) is 95.9 Å². The number of nitrogens with zero attached hydrogens (tertiary/aromatic N) is 1. The molecule has 1 heterocycles. The minimum Gasteiger partial charge on any atom is -0.406 e. The molecular weight excluding hydrogens is 406 g/mol. The van der Waals surface area contributed by atoms with Gasteiger partial charge >= 0.3 is 0 Å². The summed E-state index contributed by atoms with van der Waals surface area (Å²) in [4.78, 5) is 0. The van der Waals surface area contributed by atoms with Crippen LogP contribution >= 0.6 is 0 Å². The zero-order valence-electron chi connectivity index (χ0n) is 21.8. The highest BCUT2D eigenvalue weighted by molar-refractivity contribution is 6.78. The van der Waals surface area contributed by atoms with Gasteiger partial charge in [-0.25, -0.2) is 0 Å². The van der Waals surface area contributed by atoms with E-state index in [0.717, 1.165) is 12.8 Å². The smallest absolute Gasteiger partial charge is 0.276 e. The van der Waals surface area contributed by atoms with E-state index in [1.165, 1.54) is 0 Å². The van der Waals surface area contributed by atoms with Crippen LogP contribution in [0.2, 0.25) is 33.2 Å². The summed E-state index contributed by atoms with van der Waals surface area (Å²) in [7, 11) is -4.49. The number of nitriles is 1. The van der Waals surface area contributed by atoms with Gasteiger partial charge in [-0.05, 0) is 46.1 Å². The molecule has 1 rings (SSSR count). The van der Waals surface area contributed by atoms with E-state index in [-0.39, 0.29) is 6.10 Å². The van der Waals surface area contributed by atoms with Crippen molar-refractivity contribution in [2.45, 2.75) is 141 Å². The summed E-state index contributed by atoms with van der Waals surface area (Å²) in [6.07, 6.45) is 1.42. The molecule has 0 aromatic rings. The molecule has 1 saturated heterocycles. The zero-order chi connectivity index (χ0) is 23.5. The van der Waals surface area contributed by atoms with E-state index in [0.29, 0.717) is 39.9 Å². The normalized spacial score (nSPS) is 24.0. The Balaban J connectivity index is 3.53. The number of ether oxygens (including phenoxy) is 1. The van der Waals surface area contributed by atoms with Gasteiger partial charge in [0, 0.05) is 0 Å². The van der Waals surface area contributed by atoms with Crippen molar-refractivity contribution in [2.75, 3.05) is 6.61 Å². The average Bonchev–Trinajstić information content (AvgIpc) is 2.63. The Morgan fingerprint density at radius 1 is 0.767 bits per heavy atom. The van der Waals surface area contributed by atoms with Gasteiger partial charge in [-0.1, -0.05) is 83.1 Å². The predicted octanol–water partition coefficient (Wildman–Crippen LogP) is 7.77. The van der Waals surface area contributed by atoms with E-state index in [9.17, 15) is 5.26 Å². The summed E-state index contributed by atoms with van der Waals surface area (Å²) < 4.78 is 20.5. The molecule has 0 N–H and O–H groups in total. The monoisotopic (exact) mass is 455 g/mol. The van der Waals surface area contributed by atoms with Gasteiger partial charge in [-0.15, -0.1) is 0 Å².